The van der Waals surface area contributed by atoms with Gasteiger partial charge in [-0.1, -0.05) is 18.5 Å². The van der Waals surface area contributed by atoms with Crippen molar-refractivity contribution in [2.24, 2.45) is 7.05 Å². The maximum Gasteiger partial charge on any atom is 0.431 e. The monoisotopic (exact) mass is 522 g/mol. The largest absolute Gasteiger partial charge is 0.458 e. The van der Waals surface area contributed by atoms with Crippen LogP contribution in [0.25, 0.3) is 16.7 Å². The quantitative estimate of drug-likeness (QED) is 0.282. The van der Waals surface area contributed by atoms with Crippen LogP contribution in [0.3, 0.4) is 0 Å². The molecule has 34 heavy (non-hydrogen) atoms. The van der Waals surface area contributed by atoms with E-state index < -0.39 is 62.6 Å². The molecule has 0 N–H and O–H groups in total. The van der Waals surface area contributed by atoms with Crippen LogP contribution < -0.4 is 11.2 Å². The van der Waals surface area contributed by atoms with E-state index in [1.165, 1.54) is 13.0 Å². The van der Waals surface area contributed by atoms with E-state index in [4.69, 9.17) is 27.6 Å². The van der Waals surface area contributed by atoms with Gasteiger partial charge in [-0.15, -0.1) is 11.6 Å². The molecule has 0 spiro atoms. The number of ketones is 2. The second-order valence-electron chi connectivity index (χ2n) is 7.67. The molecule has 0 aliphatic heterocycles. The van der Waals surface area contributed by atoms with E-state index in [-0.39, 0.29) is 31.4 Å². The Balaban J connectivity index is 2.39. The molecule has 0 saturated heterocycles. The molecule has 182 valence electrons. The number of aromatic nitrogens is 2. The minimum atomic E-state index is -5.02. The van der Waals surface area contributed by atoms with Gasteiger partial charge in [0.05, 0.1) is 5.02 Å². The average Bonchev–Trinajstić information content (AvgIpc) is 3.16. The smallest absolute Gasteiger partial charge is 0.431 e. The van der Waals surface area contributed by atoms with Crippen molar-refractivity contribution in [2.45, 2.75) is 37.7 Å². The number of nitrogens with zero attached hydrogens (tertiary/aromatic N) is 2. The number of Topliss-reactive ketones (excluding diaryl/α,β-unsaturated/α-hetero) is 2. The van der Waals surface area contributed by atoms with Gasteiger partial charge in [-0.3, -0.25) is 19.0 Å². The molecule has 0 bridgehead atoms. The van der Waals surface area contributed by atoms with Crippen molar-refractivity contribution in [3.8, 4) is 5.69 Å². The fraction of sp³-hybridized carbons (Fsp3) is 0.333. The van der Waals surface area contributed by atoms with Crippen LogP contribution in [0.15, 0.2) is 32.2 Å². The van der Waals surface area contributed by atoms with Crippen LogP contribution in [-0.2, 0) is 22.8 Å². The van der Waals surface area contributed by atoms with E-state index in [0.717, 1.165) is 27.0 Å². The highest BCUT2D eigenvalue weighted by Crippen LogP contribution is 2.41. The maximum absolute atomic E-state index is 15.0. The number of carbonyl (C=O) groups excluding carboxylic acids is 2. The lowest BCUT2D eigenvalue weighted by Crippen LogP contribution is -2.43. The predicted molar refractivity (Wildman–Crippen MR) is 115 cm³/mol. The van der Waals surface area contributed by atoms with Crippen LogP contribution in [0.1, 0.15) is 38.1 Å². The molecule has 2 heterocycles. The van der Waals surface area contributed by atoms with Crippen molar-refractivity contribution < 1.29 is 31.6 Å². The highest BCUT2D eigenvalue weighted by molar-refractivity contribution is 6.47. The Labute approximate surface area is 198 Å². The fourth-order valence-corrected chi connectivity index (χ4v) is 4.05. The Kier molecular flexibility index (Phi) is 6.34. The highest BCUT2D eigenvalue weighted by atomic mass is 35.5. The van der Waals surface area contributed by atoms with E-state index in [1.54, 1.807) is 0 Å². The zero-order valence-corrected chi connectivity index (χ0v) is 19.5. The molecule has 0 fully saturated rings. The Morgan fingerprint density at radius 2 is 1.65 bits per heavy atom. The second kappa shape index (κ2) is 8.38. The number of rotatable bonds is 5. The standard InChI is InChI=1S/C21H16Cl2F4N2O5/c1-8(20(23,9(2)30)10(3)31)14-5-11-12(22)6-13(24)17(18(11)34-14)29-16(32)7-15(21(25,26)27)28(4)19(29)33/h5-8H,1-4H3. The summed E-state index contributed by atoms with van der Waals surface area (Å²) in [5.41, 5.74) is -5.75. The van der Waals surface area contributed by atoms with Crippen LogP contribution in [0.4, 0.5) is 17.6 Å². The van der Waals surface area contributed by atoms with Gasteiger partial charge in [-0.2, -0.15) is 13.2 Å². The number of alkyl halides is 4. The minimum absolute atomic E-state index is 0.0279. The topological polar surface area (TPSA) is 91.3 Å². The molecule has 2 aromatic heterocycles. The zero-order valence-electron chi connectivity index (χ0n) is 18.0. The number of benzene rings is 1. The Morgan fingerprint density at radius 3 is 2.15 bits per heavy atom. The van der Waals surface area contributed by atoms with Gasteiger partial charge in [0.1, 0.15) is 17.1 Å². The summed E-state index contributed by atoms with van der Waals surface area (Å²) >= 11 is 12.4. The highest BCUT2D eigenvalue weighted by Gasteiger charge is 2.46. The second-order valence-corrected chi connectivity index (χ2v) is 8.67. The number of hydrogen-bond donors (Lipinski definition) is 0. The number of fused-ring (bicyclic) bond motifs is 1. The van der Waals surface area contributed by atoms with Gasteiger partial charge in [0.15, 0.2) is 27.8 Å². The average molecular weight is 523 g/mol. The molecule has 1 aromatic carbocycles. The fourth-order valence-electron chi connectivity index (χ4n) is 3.71. The molecule has 0 aliphatic carbocycles. The third kappa shape index (κ3) is 3.86. The van der Waals surface area contributed by atoms with E-state index in [9.17, 15) is 36.7 Å². The summed E-state index contributed by atoms with van der Waals surface area (Å²) in [6, 6.07) is 2.13. The van der Waals surface area contributed by atoms with Crippen molar-refractivity contribution in [3.05, 3.63) is 61.3 Å². The number of halogens is 6. The van der Waals surface area contributed by atoms with Gasteiger partial charge in [0.2, 0.25) is 0 Å². The van der Waals surface area contributed by atoms with Crippen LogP contribution in [0.5, 0.6) is 0 Å². The van der Waals surface area contributed by atoms with Gasteiger partial charge in [0.25, 0.3) is 5.56 Å². The van der Waals surface area contributed by atoms with Crippen molar-refractivity contribution in [3.63, 3.8) is 0 Å². The van der Waals surface area contributed by atoms with Gasteiger partial charge < -0.3 is 4.42 Å². The Morgan fingerprint density at radius 1 is 1.09 bits per heavy atom. The lowest BCUT2D eigenvalue weighted by atomic mass is 9.84. The molecular weight excluding hydrogens is 507 g/mol. The van der Waals surface area contributed by atoms with E-state index >= 15 is 0 Å². The molecule has 1 atom stereocenters. The van der Waals surface area contributed by atoms with Crippen LogP contribution in [-0.4, -0.2) is 25.6 Å². The van der Waals surface area contributed by atoms with Crippen LogP contribution >= 0.6 is 23.2 Å². The zero-order chi connectivity index (χ0) is 25.9. The summed E-state index contributed by atoms with van der Waals surface area (Å²) < 4.78 is 60.5. The molecule has 3 rings (SSSR count). The number of furan rings is 1. The summed E-state index contributed by atoms with van der Waals surface area (Å²) in [5.74, 6) is -3.84. The Bertz CT molecular complexity index is 1460. The van der Waals surface area contributed by atoms with Crippen molar-refractivity contribution in [2.75, 3.05) is 0 Å². The molecule has 0 aliphatic rings. The van der Waals surface area contributed by atoms with Gasteiger partial charge in [-0.05, 0) is 26.0 Å². The third-order valence-electron chi connectivity index (χ3n) is 5.59. The first-order valence-corrected chi connectivity index (χ1v) is 10.3. The molecular formula is C21H16Cl2F4N2O5. The van der Waals surface area contributed by atoms with Crippen molar-refractivity contribution >= 4 is 45.7 Å². The molecule has 0 saturated carbocycles. The minimum Gasteiger partial charge on any atom is -0.458 e. The van der Waals surface area contributed by atoms with Crippen LogP contribution in [0, 0.1) is 5.82 Å². The third-order valence-corrected chi connectivity index (χ3v) is 6.76. The molecule has 13 heteroatoms. The first-order valence-electron chi connectivity index (χ1n) is 9.56. The lowest BCUT2D eigenvalue weighted by Gasteiger charge is -2.26. The van der Waals surface area contributed by atoms with Crippen molar-refractivity contribution in [1.82, 2.24) is 9.13 Å². The number of hydrogen-bond acceptors (Lipinski definition) is 5. The first-order chi connectivity index (χ1) is 15.5. The van der Waals surface area contributed by atoms with Gasteiger partial charge >= 0.3 is 11.9 Å². The first kappa shape index (κ1) is 25.7. The van der Waals surface area contributed by atoms with E-state index in [1.807, 2.05) is 0 Å². The summed E-state index contributed by atoms with van der Waals surface area (Å²) in [4.78, 5) is 47.4. The molecule has 1 unspecified atom stereocenters. The molecule has 7 nitrogen and oxygen atoms in total. The summed E-state index contributed by atoms with van der Waals surface area (Å²) in [6.45, 7) is 3.58. The molecule has 0 radical (unpaired) electrons. The summed E-state index contributed by atoms with van der Waals surface area (Å²) in [7, 11) is 0.767. The summed E-state index contributed by atoms with van der Waals surface area (Å²) in [6.07, 6.45) is -5.02. The maximum atomic E-state index is 15.0. The Hall–Kier alpha value is -2.92. The van der Waals surface area contributed by atoms with Crippen molar-refractivity contribution in [1.29, 1.82) is 0 Å². The lowest BCUT2D eigenvalue weighted by molar-refractivity contribution is -0.144. The molecule has 0 amide bonds. The van der Waals surface area contributed by atoms with Gasteiger partial charge in [-0.25, -0.2) is 13.8 Å². The normalized spacial score (nSPS) is 13.4. The summed E-state index contributed by atoms with van der Waals surface area (Å²) in [5, 5.41) is -0.249. The van der Waals surface area contributed by atoms with Gasteiger partial charge in [0, 0.05) is 24.4 Å². The predicted octanol–water partition coefficient (Wildman–Crippen LogP) is 4.35. The SMILES string of the molecule is CC(=O)C(Cl)(C(C)=O)C(C)c1cc2c(Cl)cc(F)c(-n3c(=O)cc(C(F)(F)F)n(C)c3=O)c2o1. The molecule has 3 aromatic rings. The van der Waals surface area contributed by atoms with Crippen LogP contribution in [0.2, 0.25) is 5.02 Å². The van der Waals surface area contributed by atoms with E-state index in [0.29, 0.717) is 0 Å². The van der Waals surface area contributed by atoms with E-state index in [2.05, 4.69) is 0 Å². The number of carbonyl (C=O) groups is 2.